The molecule has 1 heterocycles. The van der Waals surface area contributed by atoms with E-state index in [0.29, 0.717) is 11.4 Å². The Morgan fingerprint density at radius 2 is 1.60 bits per heavy atom. The highest BCUT2D eigenvalue weighted by Gasteiger charge is 2.30. The molecule has 0 aliphatic heterocycles. The Labute approximate surface area is 247 Å². The van der Waals surface area contributed by atoms with Gasteiger partial charge in [-0.1, -0.05) is 78.9 Å². The van der Waals surface area contributed by atoms with Gasteiger partial charge in [-0.25, -0.2) is 14.6 Å². The van der Waals surface area contributed by atoms with E-state index >= 15 is 0 Å². The lowest BCUT2D eigenvalue weighted by atomic mass is 9.98. The molecule has 0 fully saturated rings. The number of nitrogens with one attached hydrogen (secondary N) is 2. The second-order valence-electron chi connectivity index (χ2n) is 9.92. The van der Waals surface area contributed by atoms with Gasteiger partial charge < -0.3 is 25.2 Å². The minimum absolute atomic E-state index is 0.0238. The molecule has 3 aromatic carbocycles. The molecule has 5 rings (SSSR count). The molecule has 42 heavy (non-hydrogen) atoms. The number of carboxylic acids is 1. The van der Waals surface area contributed by atoms with Crippen LogP contribution in [0.1, 0.15) is 45.0 Å². The third-order valence-electron chi connectivity index (χ3n) is 7.11. The molecule has 9 nitrogen and oxygen atoms in total. The van der Waals surface area contributed by atoms with Gasteiger partial charge in [-0.15, -0.1) is 11.3 Å². The van der Waals surface area contributed by atoms with Crippen LogP contribution in [0.15, 0.2) is 84.2 Å². The van der Waals surface area contributed by atoms with Crippen LogP contribution >= 0.6 is 11.3 Å². The van der Waals surface area contributed by atoms with E-state index in [1.54, 1.807) is 12.3 Å². The lowest BCUT2D eigenvalue weighted by Gasteiger charge is -2.21. The van der Waals surface area contributed by atoms with Crippen molar-refractivity contribution in [3.63, 3.8) is 0 Å². The fraction of sp³-hybridized carbons (Fsp3) is 0.250. The van der Waals surface area contributed by atoms with Gasteiger partial charge in [0.05, 0.1) is 17.7 Å². The van der Waals surface area contributed by atoms with Crippen LogP contribution < -0.4 is 10.6 Å². The number of nitrogens with zero attached hydrogens (tertiary/aromatic N) is 1. The molecule has 0 unspecified atom stereocenters. The first-order valence-electron chi connectivity index (χ1n) is 13.6. The summed E-state index contributed by atoms with van der Waals surface area (Å²) in [6, 6.07) is 24.4. The summed E-state index contributed by atoms with van der Waals surface area (Å²) in [6.45, 7) is 2.32. The highest BCUT2D eigenvalue weighted by Crippen LogP contribution is 2.44. The number of amides is 2. The molecule has 0 spiro atoms. The summed E-state index contributed by atoms with van der Waals surface area (Å²) in [4.78, 5) is 41.3. The molecule has 1 aromatic heterocycles. The maximum atomic E-state index is 12.7. The molecule has 10 heteroatoms. The summed E-state index contributed by atoms with van der Waals surface area (Å²) in [5.41, 5.74) is 5.61. The Morgan fingerprint density at radius 1 is 0.952 bits per heavy atom. The summed E-state index contributed by atoms with van der Waals surface area (Å²) in [6.07, 6.45) is -0.910. The molecule has 216 valence electrons. The van der Waals surface area contributed by atoms with Crippen molar-refractivity contribution in [2.45, 2.75) is 38.0 Å². The molecule has 3 N–H and O–H groups in total. The van der Waals surface area contributed by atoms with E-state index in [9.17, 15) is 19.5 Å². The van der Waals surface area contributed by atoms with Crippen molar-refractivity contribution in [1.29, 1.82) is 0 Å². The Hall–Kier alpha value is -4.54. The van der Waals surface area contributed by atoms with Gasteiger partial charge >= 0.3 is 12.1 Å². The van der Waals surface area contributed by atoms with Crippen LogP contribution in [0.2, 0.25) is 0 Å². The van der Waals surface area contributed by atoms with Gasteiger partial charge in [0, 0.05) is 24.3 Å². The number of carbonyl (C=O) groups excluding carboxylic acids is 2. The smallest absolute Gasteiger partial charge is 0.407 e. The normalized spacial score (nSPS) is 13.5. The Balaban J connectivity index is 1.08. The maximum Gasteiger partial charge on any atom is 0.407 e. The SMILES string of the molecule is C[C@@H](OCc1ccccc1)[C@H](NC(=O)c1csc(CCNC(=O)OCC2c3ccccc3-c3ccccc32)n1)C(=O)O. The second-order valence-corrected chi connectivity index (χ2v) is 10.9. The van der Waals surface area contributed by atoms with E-state index < -0.39 is 30.1 Å². The number of carbonyl (C=O) groups is 3. The van der Waals surface area contributed by atoms with E-state index in [1.807, 2.05) is 54.6 Å². The van der Waals surface area contributed by atoms with Gasteiger partial charge in [-0.3, -0.25) is 4.79 Å². The minimum Gasteiger partial charge on any atom is -0.480 e. The lowest BCUT2D eigenvalue weighted by molar-refractivity contribution is -0.143. The minimum atomic E-state index is -1.25. The summed E-state index contributed by atoms with van der Waals surface area (Å²) < 4.78 is 11.2. The fourth-order valence-corrected chi connectivity index (χ4v) is 5.72. The van der Waals surface area contributed by atoms with Crippen molar-refractivity contribution in [1.82, 2.24) is 15.6 Å². The topological polar surface area (TPSA) is 127 Å². The quantitative estimate of drug-likeness (QED) is 0.213. The van der Waals surface area contributed by atoms with Gasteiger partial charge in [-0.2, -0.15) is 0 Å². The zero-order valence-corrected chi connectivity index (χ0v) is 23.8. The third kappa shape index (κ3) is 6.84. The van der Waals surface area contributed by atoms with Crippen molar-refractivity contribution in [2.75, 3.05) is 13.2 Å². The highest BCUT2D eigenvalue weighted by molar-refractivity contribution is 7.09. The maximum absolute atomic E-state index is 12.7. The number of thiazole rings is 1. The Kier molecular flexibility index (Phi) is 9.25. The summed E-state index contributed by atoms with van der Waals surface area (Å²) in [5, 5.41) is 17.1. The van der Waals surface area contributed by atoms with Crippen LogP contribution in [-0.2, 0) is 27.3 Å². The first-order chi connectivity index (χ1) is 20.4. The van der Waals surface area contributed by atoms with Crippen LogP contribution in [0.3, 0.4) is 0 Å². The average Bonchev–Trinajstić information content (AvgIpc) is 3.61. The fourth-order valence-electron chi connectivity index (χ4n) is 4.94. The number of hydrogen-bond acceptors (Lipinski definition) is 7. The van der Waals surface area contributed by atoms with Crippen molar-refractivity contribution in [3.05, 3.63) is 112 Å². The van der Waals surface area contributed by atoms with E-state index in [2.05, 4.69) is 39.9 Å². The van der Waals surface area contributed by atoms with Crippen LogP contribution in [0.5, 0.6) is 0 Å². The molecular formula is C32H31N3O6S. The summed E-state index contributed by atoms with van der Waals surface area (Å²) in [5.74, 6) is -1.83. The first-order valence-corrected chi connectivity index (χ1v) is 14.5. The number of ether oxygens (including phenoxy) is 2. The van der Waals surface area contributed by atoms with E-state index in [4.69, 9.17) is 9.47 Å². The van der Waals surface area contributed by atoms with Crippen LogP contribution in [0.4, 0.5) is 4.79 Å². The number of aliphatic carboxylic acids is 1. The van der Waals surface area contributed by atoms with Crippen LogP contribution in [0, 0.1) is 0 Å². The second kappa shape index (κ2) is 13.4. The number of rotatable bonds is 12. The van der Waals surface area contributed by atoms with Crippen LogP contribution in [-0.4, -0.2) is 53.4 Å². The third-order valence-corrected chi connectivity index (χ3v) is 8.02. The Bertz CT molecular complexity index is 1510. The number of carboxylic acid groups (broad SMARTS) is 1. The number of fused-ring (bicyclic) bond motifs is 3. The molecule has 2 atom stereocenters. The molecule has 1 aliphatic carbocycles. The molecule has 4 aromatic rings. The largest absolute Gasteiger partial charge is 0.480 e. The van der Waals surface area contributed by atoms with Gasteiger partial charge in [0.25, 0.3) is 5.91 Å². The predicted molar refractivity (Wildman–Crippen MR) is 158 cm³/mol. The van der Waals surface area contributed by atoms with E-state index in [0.717, 1.165) is 27.8 Å². The Morgan fingerprint density at radius 3 is 2.26 bits per heavy atom. The molecular weight excluding hydrogens is 554 g/mol. The number of hydrogen-bond donors (Lipinski definition) is 3. The van der Waals surface area contributed by atoms with Gasteiger partial charge in [0.15, 0.2) is 6.04 Å². The highest BCUT2D eigenvalue weighted by atomic mass is 32.1. The zero-order chi connectivity index (χ0) is 29.5. The summed E-state index contributed by atoms with van der Waals surface area (Å²) in [7, 11) is 0. The number of aromatic nitrogens is 1. The molecule has 0 saturated heterocycles. The molecule has 0 saturated carbocycles. The number of alkyl carbamates (subject to hydrolysis) is 1. The van der Waals surface area contributed by atoms with Gasteiger partial charge in [0.2, 0.25) is 0 Å². The van der Waals surface area contributed by atoms with Crippen molar-refractivity contribution >= 4 is 29.3 Å². The number of benzene rings is 3. The molecule has 2 amide bonds. The standard InChI is InChI=1S/C32H31N3O6S/c1-20(40-17-21-9-3-2-4-10-21)29(31(37)38)35-30(36)27-19-42-28(34-27)15-16-33-32(39)41-18-26-24-13-7-5-11-22(24)23-12-6-8-14-25(23)26/h2-14,19-20,26,29H,15-18H2,1H3,(H,33,39)(H,35,36)(H,37,38)/t20-,29+/m1/s1. The van der Waals surface area contributed by atoms with E-state index in [1.165, 1.54) is 11.3 Å². The van der Waals surface area contributed by atoms with Gasteiger partial charge in [-0.05, 0) is 34.7 Å². The molecule has 1 aliphatic rings. The molecule has 0 radical (unpaired) electrons. The van der Waals surface area contributed by atoms with Gasteiger partial charge in [0.1, 0.15) is 12.3 Å². The molecule has 0 bridgehead atoms. The van der Waals surface area contributed by atoms with Crippen molar-refractivity contribution in [2.24, 2.45) is 0 Å². The lowest BCUT2D eigenvalue weighted by Crippen LogP contribution is -2.48. The van der Waals surface area contributed by atoms with Crippen molar-refractivity contribution in [3.8, 4) is 11.1 Å². The van der Waals surface area contributed by atoms with Crippen molar-refractivity contribution < 1.29 is 29.0 Å². The van der Waals surface area contributed by atoms with Crippen LogP contribution in [0.25, 0.3) is 11.1 Å². The van der Waals surface area contributed by atoms with E-state index in [-0.39, 0.29) is 31.4 Å². The first kappa shape index (κ1) is 29.0. The zero-order valence-electron chi connectivity index (χ0n) is 23.0. The average molecular weight is 586 g/mol. The monoisotopic (exact) mass is 585 g/mol. The predicted octanol–water partition coefficient (Wildman–Crippen LogP) is 5.01. The summed E-state index contributed by atoms with van der Waals surface area (Å²) >= 11 is 1.26.